The molecule has 0 N–H and O–H groups in total. The van der Waals surface area contributed by atoms with Crippen molar-refractivity contribution in [1.82, 2.24) is 24.8 Å². The second kappa shape index (κ2) is 5.94. The molecule has 8 heteroatoms. The van der Waals surface area contributed by atoms with E-state index in [1.54, 1.807) is 0 Å². The summed E-state index contributed by atoms with van der Waals surface area (Å²) in [6.07, 6.45) is 8.81. The van der Waals surface area contributed by atoms with E-state index in [0.717, 1.165) is 56.4 Å². The first-order chi connectivity index (χ1) is 12.3. The lowest BCUT2D eigenvalue weighted by Crippen LogP contribution is -2.23. The van der Waals surface area contributed by atoms with Gasteiger partial charge in [-0.25, -0.2) is 0 Å². The van der Waals surface area contributed by atoms with Crippen molar-refractivity contribution in [3.8, 4) is 0 Å². The maximum Gasteiger partial charge on any atom is 0.229 e. The largest absolute Gasteiger partial charge is 0.339 e. The fourth-order valence-electron chi connectivity index (χ4n) is 3.79. The Bertz CT molecular complexity index is 780. The first kappa shape index (κ1) is 15.1. The minimum Gasteiger partial charge on any atom is -0.339 e. The number of aromatic nitrogens is 4. The van der Waals surface area contributed by atoms with Gasteiger partial charge in [0.05, 0.1) is 24.5 Å². The molecule has 0 radical (unpaired) electrons. The van der Waals surface area contributed by atoms with Crippen LogP contribution in [0.4, 0.5) is 5.69 Å². The standard InChI is InChI=1S/C17H22N6O2/c24-16-2-1-6-22(16)14-8-18-23(10-14)13-5-7-21(9-13)11-15-19-17(25-20-15)12-3-4-12/h8,10,12-13H,1-7,9,11H2. The molecule has 4 heterocycles. The molecule has 2 aliphatic heterocycles. The molecular formula is C17H22N6O2. The molecule has 5 rings (SSSR count). The highest BCUT2D eigenvalue weighted by atomic mass is 16.5. The van der Waals surface area contributed by atoms with Gasteiger partial charge in [-0.15, -0.1) is 0 Å². The number of hydrogen-bond donors (Lipinski definition) is 0. The lowest BCUT2D eigenvalue weighted by atomic mass is 10.3. The van der Waals surface area contributed by atoms with Crippen molar-refractivity contribution < 1.29 is 9.32 Å². The molecule has 8 nitrogen and oxygen atoms in total. The van der Waals surface area contributed by atoms with E-state index in [1.807, 2.05) is 22.0 Å². The minimum absolute atomic E-state index is 0.205. The Morgan fingerprint density at radius 1 is 1.24 bits per heavy atom. The molecule has 2 aromatic heterocycles. The van der Waals surface area contributed by atoms with E-state index >= 15 is 0 Å². The molecule has 0 bridgehead atoms. The molecular weight excluding hydrogens is 320 g/mol. The third kappa shape index (κ3) is 2.95. The Labute approximate surface area is 145 Å². The summed E-state index contributed by atoms with van der Waals surface area (Å²) in [5.41, 5.74) is 0.924. The number of amides is 1. The highest BCUT2D eigenvalue weighted by molar-refractivity contribution is 5.95. The van der Waals surface area contributed by atoms with Crippen LogP contribution in [0.15, 0.2) is 16.9 Å². The van der Waals surface area contributed by atoms with Gasteiger partial charge in [0, 0.05) is 38.2 Å². The van der Waals surface area contributed by atoms with Gasteiger partial charge in [-0.1, -0.05) is 5.16 Å². The van der Waals surface area contributed by atoms with Crippen molar-refractivity contribution in [2.75, 3.05) is 24.5 Å². The fourth-order valence-corrected chi connectivity index (χ4v) is 3.79. The minimum atomic E-state index is 0.205. The molecule has 0 aromatic carbocycles. The highest BCUT2D eigenvalue weighted by Crippen LogP contribution is 2.39. The molecule has 3 aliphatic rings. The van der Waals surface area contributed by atoms with Crippen LogP contribution >= 0.6 is 0 Å². The molecule has 1 unspecified atom stereocenters. The average molecular weight is 342 g/mol. The van der Waals surface area contributed by atoms with E-state index in [9.17, 15) is 4.79 Å². The third-order valence-electron chi connectivity index (χ3n) is 5.37. The summed E-state index contributed by atoms with van der Waals surface area (Å²) in [6, 6.07) is 0.334. The van der Waals surface area contributed by atoms with E-state index in [4.69, 9.17) is 4.52 Å². The maximum absolute atomic E-state index is 11.9. The number of carbonyl (C=O) groups excluding carboxylic acids is 1. The Morgan fingerprint density at radius 3 is 2.96 bits per heavy atom. The van der Waals surface area contributed by atoms with E-state index < -0.39 is 0 Å². The van der Waals surface area contributed by atoms with Gasteiger partial charge < -0.3 is 9.42 Å². The Kier molecular flexibility index (Phi) is 3.58. The van der Waals surface area contributed by atoms with Gasteiger partial charge in [-0.2, -0.15) is 10.1 Å². The monoisotopic (exact) mass is 342 g/mol. The quantitative estimate of drug-likeness (QED) is 0.823. The Morgan fingerprint density at radius 2 is 2.16 bits per heavy atom. The number of likely N-dealkylation sites (tertiary alicyclic amines) is 1. The predicted molar refractivity (Wildman–Crippen MR) is 89.0 cm³/mol. The van der Waals surface area contributed by atoms with Crippen molar-refractivity contribution in [3.05, 3.63) is 24.1 Å². The first-order valence-corrected chi connectivity index (χ1v) is 9.15. The van der Waals surface area contributed by atoms with Crippen LogP contribution in [0.5, 0.6) is 0 Å². The van der Waals surface area contributed by atoms with Gasteiger partial charge in [-0.3, -0.25) is 14.4 Å². The molecule has 1 aliphatic carbocycles. The number of hydrogen-bond acceptors (Lipinski definition) is 6. The van der Waals surface area contributed by atoms with Gasteiger partial charge in [0.1, 0.15) is 0 Å². The van der Waals surface area contributed by atoms with Gasteiger partial charge in [-0.05, 0) is 25.7 Å². The summed E-state index contributed by atoms with van der Waals surface area (Å²) in [5.74, 6) is 2.30. The van der Waals surface area contributed by atoms with Crippen LogP contribution < -0.4 is 4.90 Å². The first-order valence-electron chi connectivity index (χ1n) is 9.15. The average Bonchev–Trinajstić information content (AvgIpc) is 3.07. The van der Waals surface area contributed by atoms with Gasteiger partial charge in [0.2, 0.25) is 11.8 Å². The molecule has 1 atom stereocenters. The van der Waals surface area contributed by atoms with Crippen molar-refractivity contribution in [2.24, 2.45) is 0 Å². The van der Waals surface area contributed by atoms with E-state index in [2.05, 4.69) is 20.1 Å². The molecule has 25 heavy (non-hydrogen) atoms. The number of nitrogens with zero attached hydrogens (tertiary/aromatic N) is 6. The van der Waals surface area contributed by atoms with Gasteiger partial charge >= 0.3 is 0 Å². The van der Waals surface area contributed by atoms with Crippen LogP contribution in [-0.4, -0.2) is 50.4 Å². The third-order valence-corrected chi connectivity index (χ3v) is 5.37. The summed E-state index contributed by atoms with van der Waals surface area (Å²) in [7, 11) is 0. The van der Waals surface area contributed by atoms with Crippen LogP contribution in [0.1, 0.15) is 55.8 Å². The molecule has 3 fully saturated rings. The van der Waals surface area contributed by atoms with E-state index in [-0.39, 0.29) is 5.91 Å². The van der Waals surface area contributed by atoms with Crippen LogP contribution in [-0.2, 0) is 11.3 Å². The lowest BCUT2D eigenvalue weighted by Gasteiger charge is -2.14. The zero-order valence-corrected chi connectivity index (χ0v) is 14.2. The number of carbonyl (C=O) groups is 1. The van der Waals surface area contributed by atoms with Crippen LogP contribution in [0.25, 0.3) is 0 Å². The SMILES string of the molecule is O=C1CCCN1c1cnn(C2CCN(Cc3noc(C4CC4)n3)C2)c1. The molecule has 2 saturated heterocycles. The van der Waals surface area contributed by atoms with Crippen molar-refractivity contribution in [1.29, 1.82) is 0 Å². The normalized spacial score (nSPS) is 24.6. The van der Waals surface area contributed by atoms with Crippen LogP contribution in [0, 0.1) is 0 Å². The topological polar surface area (TPSA) is 80.3 Å². The maximum atomic E-state index is 11.9. The summed E-state index contributed by atoms with van der Waals surface area (Å²) in [4.78, 5) is 20.6. The fraction of sp³-hybridized carbons (Fsp3) is 0.647. The van der Waals surface area contributed by atoms with Gasteiger partial charge in [0.25, 0.3) is 0 Å². The Hall–Kier alpha value is -2.22. The molecule has 0 spiro atoms. The van der Waals surface area contributed by atoms with Crippen LogP contribution in [0.3, 0.4) is 0 Å². The zero-order chi connectivity index (χ0) is 16.8. The zero-order valence-electron chi connectivity index (χ0n) is 14.2. The van der Waals surface area contributed by atoms with E-state index in [1.165, 1.54) is 12.8 Å². The summed E-state index contributed by atoms with van der Waals surface area (Å²) in [5, 5.41) is 8.61. The molecule has 2 aromatic rings. The second-order valence-corrected chi connectivity index (χ2v) is 7.33. The molecule has 1 amide bonds. The lowest BCUT2D eigenvalue weighted by molar-refractivity contribution is -0.117. The van der Waals surface area contributed by atoms with Crippen molar-refractivity contribution in [3.63, 3.8) is 0 Å². The van der Waals surface area contributed by atoms with Crippen molar-refractivity contribution in [2.45, 2.75) is 50.6 Å². The number of rotatable bonds is 5. The summed E-state index contributed by atoms with van der Waals surface area (Å²) in [6.45, 7) is 3.45. The van der Waals surface area contributed by atoms with Crippen molar-refractivity contribution >= 4 is 11.6 Å². The van der Waals surface area contributed by atoms with E-state index in [0.29, 0.717) is 18.4 Å². The molecule has 132 valence electrons. The summed E-state index contributed by atoms with van der Waals surface area (Å²) >= 11 is 0. The summed E-state index contributed by atoms with van der Waals surface area (Å²) < 4.78 is 7.34. The predicted octanol–water partition coefficient (Wildman–Crippen LogP) is 1.72. The molecule has 1 saturated carbocycles. The number of anilines is 1. The Balaban J connectivity index is 1.21. The second-order valence-electron chi connectivity index (χ2n) is 7.33. The smallest absolute Gasteiger partial charge is 0.229 e. The van der Waals surface area contributed by atoms with Gasteiger partial charge in [0.15, 0.2) is 5.82 Å². The highest BCUT2D eigenvalue weighted by Gasteiger charge is 2.31. The van der Waals surface area contributed by atoms with Crippen LogP contribution in [0.2, 0.25) is 0 Å².